The monoisotopic (exact) mass is 652 g/mol. The number of piperidine rings is 1. The summed E-state index contributed by atoms with van der Waals surface area (Å²) in [5.74, 6) is 8.27. The molecule has 0 amide bonds. The van der Waals surface area contributed by atoms with Crippen molar-refractivity contribution in [2.75, 3.05) is 0 Å². The third kappa shape index (κ3) is 4.88. The normalized spacial score (nSPS) is 53.0. The number of allylic oxidation sites excluding steroid dienone is 2. The number of nitriles is 1. The zero-order valence-corrected chi connectivity index (χ0v) is 30.0. The summed E-state index contributed by atoms with van der Waals surface area (Å²) in [6.45, 7) is 0. The van der Waals surface area contributed by atoms with Crippen molar-refractivity contribution in [2.24, 2.45) is 69.6 Å². The predicted octanol–water partition coefficient (Wildman–Crippen LogP) is 9.97. The van der Waals surface area contributed by atoms with Crippen molar-refractivity contribution in [3.05, 3.63) is 11.6 Å². The Kier molecular flexibility index (Phi) is 8.41. The Morgan fingerprint density at radius 2 is 1.35 bits per heavy atom. The van der Waals surface area contributed by atoms with E-state index in [4.69, 9.17) is 9.73 Å². The fourth-order valence-electron chi connectivity index (χ4n) is 16.1. The molecule has 15 atom stereocenters. The molecule has 3 aliphatic heterocycles. The van der Waals surface area contributed by atoms with Gasteiger partial charge in [0.1, 0.15) is 0 Å². The number of aliphatic imine (C=N–C) groups is 1. The first kappa shape index (κ1) is 31.5. The van der Waals surface area contributed by atoms with Gasteiger partial charge in [0.05, 0.1) is 30.2 Å². The third-order valence-corrected chi connectivity index (χ3v) is 17.7. The molecule has 3 heterocycles. The van der Waals surface area contributed by atoms with Crippen LogP contribution in [0.5, 0.6) is 0 Å². The largest absolute Gasteiger partial charge is 0.374 e. The smallest absolute Gasteiger partial charge is 0.0686 e. The molecule has 15 unspecified atom stereocenters. The van der Waals surface area contributed by atoms with E-state index in [0.29, 0.717) is 41.7 Å². The van der Waals surface area contributed by atoms with Crippen molar-refractivity contribution < 1.29 is 4.74 Å². The van der Waals surface area contributed by atoms with E-state index in [9.17, 15) is 5.26 Å². The van der Waals surface area contributed by atoms with E-state index >= 15 is 0 Å². The first-order valence-corrected chi connectivity index (χ1v) is 21.8. The van der Waals surface area contributed by atoms with Crippen LogP contribution >= 0.6 is 0 Å². The summed E-state index contributed by atoms with van der Waals surface area (Å²) in [5, 5.41) is 14.0. The summed E-state index contributed by atoms with van der Waals surface area (Å²) in [6.07, 6.45) is 36.8. The molecule has 4 heteroatoms. The zero-order valence-electron chi connectivity index (χ0n) is 30.0. The van der Waals surface area contributed by atoms with Crippen molar-refractivity contribution in [1.82, 2.24) is 5.32 Å². The number of fused-ring (bicyclic) bond motifs is 12. The Labute approximate surface area is 292 Å². The third-order valence-electron chi connectivity index (χ3n) is 17.7. The molecule has 0 aromatic heterocycles. The van der Waals surface area contributed by atoms with Crippen molar-refractivity contribution in [3.8, 4) is 6.07 Å². The molecule has 0 aromatic carbocycles. The zero-order chi connectivity index (χ0) is 31.8. The van der Waals surface area contributed by atoms with Gasteiger partial charge in [0.15, 0.2) is 0 Å². The highest BCUT2D eigenvalue weighted by molar-refractivity contribution is 6.00. The second-order valence-electron chi connectivity index (χ2n) is 19.2. The van der Waals surface area contributed by atoms with Crippen LogP contribution in [0.2, 0.25) is 0 Å². The molecule has 1 N–H and O–H groups in total. The maximum absolute atomic E-state index is 9.47. The summed E-state index contributed by atoms with van der Waals surface area (Å²) in [6, 6.07) is 4.16. The van der Waals surface area contributed by atoms with Crippen molar-refractivity contribution >= 4 is 5.71 Å². The highest BCUT2D eigenvalue weighted by Gasteiger charge is 2.70. The molecule has 10 rings (SSSR count). The molecule has 2 saturated heterocycles. The standard InChI is InChI=1S/C44H65N3O/c45-26-27-16-18-28(19-17-27)38-24-22-29-20-21-30-23-25-39(47-42(30)41(29)46-38)33-10-7-14-37-43(33)48-40-15-6-5-13-36(40)44(37)34-11-3-1-8-31(34)32-9-2-4-12-35(32)44/h18,27,29-37,39-43,47H,1-17,19-25H2. The lowest BCUT2D eigenvalue weighted by Crippen LogP contribution is -2.66. The van der Waals surface area contributed by atoms with Crippen LogP contribution in [-0.4, -0.2) is 36.0 Å². The van der Waals surface area contributed by atoms with Gasteiger partial charge in [-0.25, -0.2) is 0 Å². The fourth-order valence-corrected chi connectivity index (χ4v) is 16.1. The van der Waals surface area contributed by atoms with Gasteiger partial charge in [-0.05, 0) is 167 Å². The molecule has 10 aliphatic rings. The van der Waals surface area contributed by atoms with Crippen LogP contribution in [0.3, 0.4) is 0 Å². The molecule has 262 valence electrons. The number of hydrogen-bond acceptors (Lipinski definition) is 4. The lowest BCUT2D eigenvalue weighted by atomic mass is 9.45. The van der Waals surface area contributed by atoms with Crippen LogP contribution in [0, 0.1) is 75.9 Å². The molecule has 0 bridgehead atoms. The maximum atomic E-state index is 9.47. The van der Waals surface area contributed by atoms with Gasteiger partial charge in [0.2, 0.25) is 0 Å². The van der Waals surface area contributed by atoms with E-state index in [1.54, 1.807) is 25.7 Å². The van der Waals surface area contributed by atoms with Crippen molar-refractivity contribution in [2.45, 2.75) is 184 Å². The fraction of sp³-hybridized carbons (Fsp3) is 0.909. The van der Waals surface area contributed by atoms with Crippen LogP contribution in [-0.2, 0) is 4.74 Å². The minimum absolute atomic E-state index is 0.215. The lowest BCUT2D eigenvalue weighted by molar-refractivity contribution is -0.258. The Balaban J connectivity index is 0.957. The minimum Gasteiger partial charge on any atom is -0.374 e. The van der Waals surface area contributed by atoms with Gasteiger partial charge in [-0.15, -0.1) is 0 Å². The topological polar surface area (TPSA) is 57.4 Å². The number of hydrogen-bond donors (Lipinski definition) is 1. The quantitative estimate of drug-likeness (QED) is 0.323. The molecule has 0 radical (unpaired) electrons. The van der Waals surface area contributed by atoms with E-state index in [0.717, 1.165) is 66.6 Å². The average molecular weight is 652 g/mol. The number of nitrogens with zero attached hydrogens (tertiary/aromatic N) is 2. The van der Waals surface area contributed by atoms with Crippen LogP contribution in [0.4, 0.5) is 0 Å². The molecule has 7 aliphatic carbocycles. The van der Waals surface area contributed by atoms with Gasteiger partial charge < -0.3 is 10.1 Å². The second-order valence-corrected chi connectivity index (χ2v) is 19.2. The van der Waals surface area contributed by atoms with E-state index < -0.39 is 0 Å². The molecule has 48 heavy (non-hydrogen) atoms. The van der Waals surface area contributed by atoms with Crippen LogP contribution in [0.1, 0.15) is 154 Å². The molecule has 8 fully saturated rings. The minimum atomic E-state index is 0.215. The van der Waals surface area contributed by atoms with Gasteiger partial charge in [-0.2, -0.15) is 5.26 Å². The highest BCUT2D eigenvalue weighted by atomic mass is 16.5. The Morgan fingerprint density at radius 1 is 0.667 bits per heavy atom. The van der Waals surface area contributed by atoms with Gasteiger partial charge in [-0.1, -0.05) is 51.0 Å². The summed E-state index contributed by atoms with van der Waals surface area (Å²) in [7, 11) is 0. The first-order valence-electron chi connectivity index (χ1n) is 21.8. The number of ether oxygens (including phenoxy) is 1. The predicted molar refractivity (Wildman–Crippen MR) is 192 cm³/mol. The first-order chi connectivity index (χ1) is 23.7. The van der Waals surface area contributed by atoms with E-state index in [1.165, 1.54) is 120 Å². The summed E-state index contributed by atoms with van der Waals surface area (Å²) >= 11 is 0. The average Bonchev–Trinajstić information content (AvgIpc) is 3.45. The van der Waals surface area contributed by atoms with E-state index in [1.807, 2.05) is 0 Å². The molecule has 4 nitrogen and oxygen atoms in total. The Bertz CT molecular complexity index is 1290. The maximum Gasteiger partial charge on any atom is 0.0686 e. The molecular formula is C44H65N3O. The summed E-state index contributed by atoms with van der Waals surface area (Å²) < 4.78 is 7.67. The van der Waals surface area contributed by atoms with Crippen LogP contribution in [0.15, 0.2) is 16.6 Å². The van der Waals surface area contributed by atoms with Gasteiger partial charge in [0.25, 0.3) is 0 Å². The summed E-state index contributed by atoms with van der Waals surface area (Å²) in [4.78, 5) is 5.70. The second kappa shape index (κ2) is 12.8. The molecule has 6 saturated carbocycles. The SMILES string of the molecule is N#CC1CC=C(C2=NC3C(CC2)CCC2CCC(C4CCCC5C4OC4CCCCC4C54C5CCCCC5C5CCCCC54)NC23)CC1. The number of rotatable bonds is 2. The Hall–Kier alpha value is -1.18. The van der Waals surface area contributed by atoms with E-state index in [-0.39, 0.29) is 5.92 Å². The van der Waals surface area contributed by atoms with Crippen LogP contribution < -0.4 is 5.32 Å². The van der Waals surface area contributed by atoms with Gasteiger partial charge >= 0.3 is 0 Å². The summed E-state index contributed by atoms with van der Waals surface area (Å²) in [5.41, 5.74) is 3.50. The highest BCUT2D eigenvalue weighted by Crippen LogP contribution is 2.74. The Morgan fingerprint density at radius 3 is 2.12 bits per heavy atom. The lowest BCUT2D eigenvalue weighted by Gasteiger charge is -2.65. The van der Waals surface area contributed by atoms with Crippen molar-refractivity contribution in [3.63, 3.8) is 0 Å². The molecule has 0 aromatic rings. The number of nitrogens with one attached hydrogen (secondary N) is 1. The molecular weight excluding hydrogens is 587 g/mol. The van der Waals surface area contributed by atoms with Gasteiger partial charge in [-0.3, -0.25) is 4.99 Å². The van der Waals surface area contributed by atoms with Crippen LogP contribution in [0.25, 0.3) is 0 Å². The van der Waals surface area contributed by atoms with E-state index in [2.05, 4.69) is 17.5 Å². The molecule has 1 spiro atoms. The van der Waals surface area contributed by atoms with Gasteiger partial charge in [0, 0.05) is 23.7 Å². The van der Waals surface area contributed by atoms with Crippen molar-refractivity contribution in [1.29, 1.82) is 5.26 Å².